The maximum absolute atomic E-state index is 12.0. The number of carbonyl (C=O) groups is 1. The van der Waals surface area contributed by atoms with Crippen molar-refractivity contribution in [3.8, 4) is 5.75 Å². The minimum Gasteiger partial charge on any atom is -0.496 e. The Bertz CT molecular complexity index is 810. The summed E-state index contributed by atoms with van der Waals surface area (Å²) in [4.78, 5) is 16.4. The van der Waals surface area contributed by atoms with Crippen molar-refractivity contribution in [1.82, 2.24) is 5.32 Å². The van der Waals surface area contributed by atoms with Crippen LogP contribution in [0.4, 0.5) is 0 Å². The second-order valence-electron chi connectivity index (χ2n) is 5.41. The van der Waals surface area contributed by atoms with Crippen molar-refractivity contribution in [3.63, 3.8) is 0 Å². The van der Waals surface area contributed by atoms with Gasteiger partial charge in [0.25, 0.3) is 5.91 Å². The zero-order chi connectivity index (χ0) is 16.9. The highest BCUT2D eigenvalue weighted by molar-refractivity contribution is 6.30. The van der Waals surface area contributed by atoms with Gasteiger partial charge in [-0.3, -0.25) is 4.79 Å². The Hall–Kier alpha value is -2.59. The summed E-state index contributed by atoms with van der Waals surface area (Å²) in [5, 5.41) is 3.48. The number of ether oxygens (including phenoxy) is 1. The molecule has 2 aromatic carbocycles. The minimum absolute atomic E-state index is 0.181. The fourth-order valence-electron chi connectivity index (χ4n) is 2.51. The van der Waals surface area contributed by atoms with E-state index in [-0.39, 0.29) is 5.91 Å². The van der Waals surface area contributed by atoms with Crippen molar-refractivity contribution in [2.24, 2.45) is 4.99 Å². The first-order valence-corrected chi connectivity index (χ1v) is 8.01. The van der Waals surface area contributed by atoms with Crippen molar-refractivity contribution >= 4 is 29.4 Å². The van der Waals surface area contributed by atoms with Gasteiger partial charge in [-0.05, 0) is 41.8 Å². The van der Waals surface area contributed by atoms with Gasteiger partial charge in [-0.15, -0.1) is 0 Å². The summed E-state index contributed by atoms with van der Waals surface area (Å²) in [6.45, 7) is 0. The molecule has 1 amide bonds. The van der Waals surface area contributed by atoms with Crippen molar-refractivity contribution < 1.29 is 9.53 Å². The SMILES string of the molecule is COc1ccccc1CCC1=N/C(=C/c2ccc(Cl)cc2)C(=O)N1. The molecule has 1 aliphatic rings. The largest absolute Gasteiger partial charge is 0.496 e. The first-order valence-electron chi connectivity index (χ1n) is 7.64. The average molecular weight is 341 g/mol. The average Bonchev–Trinajstić information content (AvgIpc) is 2.95. The lowest BCUT2D eigenvalue weighted by molar-refractivity contribution is -0.115. The molecule has 0 radical (unpaired) electrons. The Labute approximate surface area is 145 Å². The zero-order valence-electron chi connectivity index (χ0n) is 13.3. The molecular weight excluding hydrogens is 324 g/mol. The molecular formula is C19H17ClN2O2. The number of rotatable bonds is 5. The van der Waals surface area contributed by atoms with Gasteiger partial charge >= 0.3 is 0 Å². The molecule has 2 aromatic rings. The Morgan fingerprint density at radius 2 is 1.88 bits per heavy atom. The van der Waals surface area contributed by atoms with E-state index in [4.69, 9.17) is 16.3 Å². The van der Waals surface area contributed by atoms with Gasteiger partial charge in [-0.1, -0.05) is 41.9 Å². The zero-order valence-corrected chi connectivity index (χ0v) is 14.0. The molecule has 0 saturated carbocycles. The number of amidine groups is 1. The van der Waals surface area contributed by atoms with E-state index in [2.05, 4.69) is 10.3 Å². The lowest BCUT2D eigenvalue weighted by Crippen LogP contribution is -2.24. The summed E-state index contributed by atoms with van der Waals surface area (Å²) in [6, 6.07) is 15.1. The first-order chi connectivity index (χ1) is 11.7. The third-order valence-corrected chi connectivity index (χ3v) is 3.99. The Morgan fingerprint density at radius 3 is 2.62 bits per heavy atom. The van der Waals surface area contributed by atoms with Crippen molar-refractivity contribution in [2.45, 2.75) is 12.8 Å². The van der Waals surface area contributed by atoms with Gasteiger partial charge in [0.2, 0.25) is 0 Å². The van der Waals surface area contributed by atoms with Crippen LogP contribution < -0.4 is 10.1 Å². The summed E-state index contributed by atoms with van der Waals surface area (Å²) in [7, 11) is 1.65. The van der Waals surface area contributed by atoms with Crippen LogP contribution in [0, 0.1) is 0 Å². The number of amides is 1. The number of aliphatic imine (C=N–C) groups is 1. The number of hydrogen-bond acceptors (Lipinski definition) is 3. The number of halogens is 1. The van der Waals surface area contributed by atoms with Crippen LogP contribution >= 0.6 is 11.6 Å². The second-order valence-corrected chi connectivity index (χ2v) is 5.84. The van der Waals surface area contributed by atoms with Crippen LogP contribution in [0.25, 0.3) is 6.08 Å². The lowest BCUT2D eigenvalue weighted by atomic mass is 10.1. The van der Waals surface area contributed by atoms with E-state index in [0.29, 0.717) is 23.0 Å². The molecule has 0 bridgehead atoms. The molecule has 0 spiro atoms. The molecule has 0 aromatic heterocycles. The van der Waals surface area contributed by atoms with Gasteiger partial charge in [0, 0.05) is 11.4 Å². The number of carbonyl (C=O) groups excluding carboxylic acids is 1. The highest BCUT2D eigenvalue weighted by atomic mass is 35.5. The smallest absolute Gasteiger partial charge is 0.275 e. The fourth-order valence-corrected chi connectivity index (χ4v) is 2.64. The van der Waals surface area contributed by atoms with Crippen LogP contribution in [0.15, 0.2) is 59.2 Å². The molecule has 1 heterocycles. The van der Waals surface area contributed by atoms with Gasteiger partial charge in [0.1, 0.15) is 17.3 Å². The van der Waals surface area contributed by atoms with E-state index in [0.717, 1.165) is 23.3 Å². The number of hydrogen-bond donors (Lipinski definition) is 1. The van der Waals surface area contributed by atoms with E-state index in [1.165, 1.54) is 0 Å². The number of benzene rings is 2. The van der Waals surface area contributed by atoms with Crippen LogP contribution in [0.5, 0.6) is 5.75 Å². The molecule has 24 heavy (non-hydrogen) atoms. The molecule has 0 saturated heterocycles. The molecule has 122 valence electrons. The normalized spacial score (nSPS) is 15.3. The van der Waals surface area contributed by atoms with Gasteiger partial charge in [0.05, 0.1) is 7.11 Å². The van der Waals surface area contributed by atoms with Crippen molar-refractivity contribution in [2.75, 3.05) is 7.11 Å². The van der Waals surface area contributed by atoms with E-state index >= 15 is 0 Å². The summed E-state index contributed by atoms with van der Waals surface area (Å²) in [6.07, 6.45) is 3.14. The van der Waals surface area contributed by atoms with E-state index in [1.807, 2.05) is 36.4 Å². The number of nitrogens with zero attached hydrogens (tertiary/aromatic N) is 1. The van der Waals surface area contributed by atoms with Crippen LogP contribution in [-0.4, -0.2) is 18.9 Å². The second kappa shape index (κ2) is 7.32. The lowest BCUT2D eigenvalue weighted by Gasteiger charge is -2.07. The maximum atomic E-state index is 12.0. The summed E-state index contributed by atoms with van der Waals surface area (Å²) in [5.74, 6) is 1.34. The fraction of sp³-hybridized carbons (Fsp3) is 0.158. The molecule has 5 heteroatoms. The Balaban J connectivity index is 1.71. The standard InChI is InChI=1S/C19H17ClN2O2/c1-24-17-5-3-2-4-14(17)8-11-18-21-16(19(23)22-18)12-13-6-9-15(20)10-7-13/h2-7,9-10,12H,8,11H2,1H3,(H,21,22,23)/b16-12+. The van der Waals surface area contributed by atoms with E-state index < -0.39 is 0 Å². The quantitative estimate of drug-likeness (QED) is 0.840. The minimum atomic E-state index is -0.181. The molecule has 0 atom stereocenters. The van der Waals surface area contributed by atoms with Crippen LogP contribution in [0.3, 0.4) is 0 Å². The van der Waals surface area contributed by atoms with Crippen LogP contribution in [0.2, 0.25) is 5.02 Å². The molecule has 4 nitrogen and oxygen atoms in total. The summed E-state index contributed by atoms with van der Waals surface area (Å²) < 4.78 is 5.34. The third kappa shape index (κ3) is 3.84. The van der Waals surface area contributed by atoms with E-state index in [1.54, 1.807) is 25.3 Å². The molecule has 3 rings (SSSR count). The van der Waals surface area contributed by atoms with E-state index in [9.17, 15) is 4.79 Å². The first kappa shape index (κ1) is 16.3. The third-order valence-electron chi connectivity index (χ3n) is 3.74. The van der Waals surface area contributed by atoms with Crippen molar-refractivity contribution in [1.29, 1.82) is 0 Å². The van der Waals surface area contributed by atoms with Gasteiger partial charge in [-0.2, -0.15) is 0 Å². The molecule has 1 aliphatic heterocycles. The number of para-hydroxylation sites is 1. The molecule has 1 N–H and O–H groups in total. The predicted molar refractivity (Wildman–Crippen MR) is 96.3 cm³/mol. The number of methoxy groups -OCH3 is 1. The highest BCUT2D eigenvalue weighted by Crippen LogP contribution is 2.20. The van der Waals surface area contributed by atoms with Crippen LogP contribution in [0.1, 0.15) is 17.5 Å². The van der Waals surface area contributed by atoms with Gasteiger partial charge in [0.15, 0.2) is 0 Å². The monoisotopic (exact) mass is 340 g/mol. The summed E-state index contributed by atoms with van der Waals surface area (Å²) >= 11 is 5.87. The Kier molecular flexibility index (Phi) is 4.96. The van der Waals surface area contributed by atoms with Crippen LogP contribution in [-0.2, 0) is 11.2 Å². The maximum Gasteiger partial charge on any atom is 0.275 e. The Morgan fingerprint density at radius 1 is 1.12 bits per heavy atom. The van der Waals surface area contributed by atoms with Gasteiger partial charge in [-0.25, -0.2) is 4.99 Å². The van der Waals surface area contributed by atoms with Crippen molar-refractivity contribution in [3.05, 3.63) is 70.4 Å². The highest BCUT2D eigenvalue weighted by Gasteiger charge is 2.19. The predicted octanol–water partition coefficient (Wildman–Crippen LogP) is 3.85. The topological polar surface area (TPSA) is 50.7 Å². The molecule has 0 unspecified atom stereocenters. The molecule has 0 aliphatic carbocycles. The summed E-state index contributed by atoms with van der Waals surface area (Å²) in [5.41, 5.74) is 2.39. The number of aryl methyl sites for hydroxylation is 1. The van der Waals surface area contributed by atoms with Gasteiger partial charge < -0.3 is 10.1 Å². The number of nitrogens with one attached hydrogen (secondary N) is 1. The molecule has 0 fully saturated rings.